The molecule has 1 fully saturated rings. The number of nitrogens with zero attached hydrogens (tertiary/aromatic N) is 1. The molecule has 0 radical (unpaired) electrons. The lowest BCUT2D eigenvalue weighted by molar-refractivity contribution is -0.0755. The number of hydrogen-bond donors (Lipinski definition) is 1. The number of nitrogens with one attached hydrogen (secondary N) is 1. The van der Waals surface area contributed by atoms with Crippen molar-refractivity contribution >= 4 is 17.3 Å². The molecule has 0 aliphatic carbocycles. The van der Waals surface area contributed by atoms with Crippen molar-refractivity contribution < 1.29 is 14.2 Å². The largest absolute Gasteiger partial charge is 0.490 e. The molecule has 0 amide bonds. The summed E-state index contributed by atoms with van der Waals surface area (Å²) in [6, 6.07) is 6.17. The number of rotatable bonds is 5. The summed E-state index contributed by atoms with van der Waals surface area (Å²) in [5.41, 5.74) is 0.628. The van der Waals surface area contributed by atoms with Crippen LogP contribution in [-0.4, -0.2) is 42.6 Å². The Balaban J connectivity index is 1.97. The van der Waals surface area contributed by atoms with Crippen LogP contribution in [0.25, 0.3) is 0 Å². The minimum Gasteiger partial charge on any atom is -0.490 e. The zero-order valence-electron chi connectivity index (χ0n) is 13.2. The van der Waals surface area contributed by atoms with E-state index in [2.05, 4.69) is 23.2 Å². The van der Waals surface area contributed by atoms with Crippen LogP contribution in [0, 0.1) is 0 Å². The fraction of sp³-hybridized carbons (Fsp3) is 0.562. The minimum absolute atomic E-state index is 0.153. The normalized spacial score (nSPS) is 26.0. The number of methoxy groups -OCH3 is 1. The summed E-state index contributed by atoms with van der Waals surface area (Å²) in [6.45, 7) is 5.96. The molecule has 0 unspecified atom stereocenters. The lowest BCUT2D eigenvalue weighted by Crippen LogP contribution is -2.65. The zero-order valence-corrected chi connectivity index (χ0v) is 14.0. The van der Waals surface area contributed by atoms with Gasteiger partial charge in [-0.2, -0.15) is 0 Å². The second-order valence-corrected chi connectivity index (χ2v) is 6.12. The van der Waals surface area contributed by atoms with Gasteiger partial charge in [-0.05, 0) is 32.1 Å². The lowest BCUT2D eigenvalue weighted by Gasteiger charge is -2.52. The van der Waals surface area contributed by atoms with E-state index < -0.39 is 5.72 Å². The van der Waals surface area contributed by atoms with E-state index in [1.165, 1.54) is 0 Å². The first kappa shape index (κ1) is 15.4. The maximum Gasteiger partial charge on any atom is 0.184 e. The maximum atomic E-state index is 6.37. The molecule has 1 aromatic carbocycles. The summed E-state index contributed by atoms with van der Waals surface area (Å²) in [6.07, 6.45) is 0.833. The predicted molar refractivity (Wildman–Crippen MR) is 88.3 cm³/mol. The first-order valence-electron chi connectivity index (χ1n) is 7.61. The molecule has 2 aliphatic rings. The zero-order chi connectivity index (χ0) is 15.7. The van der Waals surface area contributed by atoms with Crippen LogP contribution in [0.1, 0.15) is 31.9 Å². The predicted octanol–water partition coefficient (Wildman–Crippen LogP) is 2.46. The van der Waals surface area contributed by atoms with E-state index in [1.54, 1.807) is 7.11 Å². The van der Waals surface area contributed by atoms with Crippen molar-refractivity contribution in [2.75, 3.05) is 26.9 Å². The Morgan fingerprint density at radius 1 is 1.50 bits per heavy atom. The quantitative estimate of drug-likeness (QED) is 0.840. The van der Waals surface area contributed by atoms with Gasteiger partial charge < -0.3 is 24.4 Å². The van der Waals surface area contributed by atoms with Gasteiger partial charge in [0.05, 0.1) is 19.3 Å². The highest BCUT2D eigenvalue weighted by Crippen LogP contribution is 2.47. The molecule has 5 nitrogen and oxygen atoms in total. The Bertz CT molecular complexity index is 581. The van der Waals surface area contributed by atoms with E-state index in [0.29, 0.717) is 24.9 Å². The van der Waals surface area contributed by atoms with Crippen LogP contribution in [0.2, 0.25) is 0 Å². The minimum atomic E-state index is -0.480. The first-order chi connectivity index (χ1) is 10.6. The molecule has 6 heteroatoms. The van der Waals surface area contributed by atoms with Gasteiger partial charge in [0.25, 0.3) is 0 Å². The summed E-state index contributed by atoms with van der Waals surface area (Å²) >= 11 is 5.53. The van der Waals surface area contributed by atoms with Crippen LogP contribution >= 0.6 is 12.2 Å². The van der Waals surface area contributed by atoms with Gasteiger partial charge in [-0.3, -0.25) is 0 Å². The molecule has 1 aromatic rings. The highest BCUT2D eigenvalue weighted by Gasteiger charge is 2.48. The SMILES string of the molecule is CCOc1cccc2c1O[C@@]1(C)C[C@H]2NC(=S)N1CCOC. The van der Waals surface area contributed by atoms with Crippen molar-refractivity contribution in [1.29, 1.82) is 0 Å². The van der Waals surface area contributed by atoms with Crippen molar-refractivity contribution in [3.05, 3.63) is 23.8 Å². The Labute approximate surface area is 136 Å². The average Bonchev–Trinajstić information content (AvgIpc) is 2.48. The Morgan fingerprint density at radius 2 is 2.32 bits per heavy atom. The summed E-state index contributed by atoms with van der Waals surface area (Å²) in [5.74, 6) is 1.61. The van der Waals surface area contributed by atoms with E-state index in [1.807, 2.05) is 19.1 Å². The molecule has 2 aliphatic heterocycles. The molecule has 1 saturated heterocycles. The number of benzene rings is 1. The molecular weight excluding hydrogens is 300 g/mol. The van der Waals surface area contributed by atoms with Crippen molar-refractivity contribution in [3.63, 3.8) is 0 Å². The monoisotopic (exact) mass is 322 g/mol. The summed E-state index contributed by atoms with van der Waals surface area (Å²) in [5, 5.41) is 4.14. The molecule has 0 spiro atoms. The second-order valence-electron chi connectivity index (χ2n) is 5.74. The van der Waals surface area contributed by atoms with E-state index in [4.69, 9.17) is 26.4 Å². The van der Waals surface area contributed by atoms with Gasteiger partial charge >= 0.3 is 0 Å². The molecule has 2 bridgehead atoms. The molecule has 1 N–H and O–H groups in total. The lowest BCUT2D eigenvalue weighted by atomic mass is 9.90. The van der Waals surface area contributed by atoms with E-state index in [0.717, 1.165) is 23.5 Å². The molecule has 2 heterocycles. The van der Waals surface area contributed by atoms with Crippen molar-refractivity contribution in [2.24, 2.45) is 0 Å². The smallest absolute Gasteiger partial charge is 0.184 e. The van der Waals surface area contributed by atoms with Gasteiger partial charge in [-0.25, -0.2) is 0 Å². The molecule has 2 atom stereocenters. The fourth-order valence-electron chi connectivity index (χ4n) is 3.19. The Morgan fingerprint density at radius 3 is 3.05 bits per heavy atom. The standard InChI is InChI=1S/C16H22N2O3S/c1-4-20-13-7-5-6-11-12-10-16(2,21-14(11)13)18(8-9-19-3)15(22)17-12/h5-7,12H,4,8-10H2,1-3H3,(H,17,22)/t12-,16+/m1/s1. The van der Waals surface area contributed by atoms with Gasteiger partial charge in [0, 0.05) is 25.6 Å². The van der Waals surface area contributed by atoms with E-state index in [9.17, 15) is 0 Å². The Kier molecular flexibility index (Phi) is 4.14. The summed E-state index contributed by atoms with van der Waals surface area (Å²) in [7, 11) is 1.69. The molecule has 0 saturated carbocycles. The fourth-order valence-corrected chi connectivity index (χ4v) is 3.62. The number of fused-ring (bicyclic) bond motifs is 4. The number of thiocarbonyl (C=S) groups is 1. The highest BCUT2D eigenvalue weighted by atomic mass is 32.1. The molecular formula is C16H22N2O3S. The molecule has 22 heavy (non-hydrogen) atoms. The van der Waals surface area contributed by atoms with Crippen LogP contribution in [0.4, 0.5) is 0 Å². The summed E-state index contributed by atoms with van der Waals surface area (Å²) in [4.78, 5) is 2.06. The van der Waals surface area contributed by atoms with E-state index in [-0.39, 0.29) is 6.04 Å². The van der Waals surface area contributed by atoms with Crippen molar-refractivity contribution in [2.45, 2.75) is 32.0 Å². The van der Waals surface area contributed by atoms with Gasteiger partial charge in [0.1, 0.15) is 0 Å². The maximum absolute atomic E-state index is 6.37. The van der Waals surface area contributed by atoms with Crippen LogP contribution in [0.5, 0.6) is 11.5 Å². The number of para-hydroxylation sites is 1. The highest BCUT2D eigenvalue weighted by molar-refractivity contribution is 7.80. The Hall–Kier alpha value is -1.53. The van der Waals surface area contributed by atoms with Crippen LogP contribution < -0.4 is 14.8 Å². The van der Waals surface area contributed by atoms with Gasteiger partial charge in [0.2, 0.25) is 0 Å². The van der Waals surface area contributed by atoms with Crippen LogP contribution in [-0.2, 0) is 4.74 Å². The van der Waals surface area contributed by atoms with Gasteiger partial charge in [-0.1, -0.05) is 12.1 Å². The average molecular weight is 322 g/mol. The number of hydrogen-bond acceptors (Lipinski definition) is 4. The van der Waals surface area contributed by atoms with Crippen LogP contribution in [0.3, 0.4) is 0 Å². The van der Waals surface area contributed by atoms with Crippen LogP contribution in [0.15, 0.2) is 18.2 Å². The summed E-state index contributed by atoms with van der Waals surface area (Å²) < 4.78 is 17.3. The topological polar surface area (TPSA) is 43.0 Å². The van der Waals surface area contributed by atoms with Crippen molar-refractivity contribution in [1.82, 2.24) is 10.2 Å². The van der Waals surface area contributed by atoms with Gasteiger partial charge in [0.15, 0.2) is 22.3 Å². The molecule has 0 aromatic heterocycles. The number of ether oxygens (including phenoxy) is 3. The third kappa shape index (κ3) is 2.50. The van der Waals surface area contributed by atoms with E-state index >= 15 is 0 Å². The third-order valence-corrected chi connectivity index (χ3v) is 4.56. The molecule has 120 valence electrons. The first-order valence-corrected chi connectivity index (χ1v) is 8.01. The van der Waals surface area contributed by atoms with Gasteiger partial charge in [-0.15, -0.1) is 0 Å². The van der Waals surface area contributed by atoms with Crippen molar-refractivity contribution in [3.8, 4) is 11.5 Å². The molecule has 3 rings (SSSR count). The second kappa shape index (κ2) is 5.93. The third-order valence-electron chi connectivity index (χ3n) is 4.22.